The molecule has 1 rings (SSSR count). The van der Waals surface area contributed by atoms with Gasteiger partial charge in [-0.25, -0.2) is 0 Å². The van der Waals surface area contributed by atoms with E-state index < -0.39 is 0 Å². The third-order valence-corrected chi connectivity index (χ3v) is 1.10. The second-order valence-corrected chi connectivity index (χ2v) is 1.90. The van der Waals surface area contributed by atoms with Gasteiger partial charge in [0.25, 0.3) is 0 Å². The van der Waals surface area contributed by atoms with Crippen molar-refractivity contribution in [3.05, 3.63) is 36.2 Å². The van der Waals surface area contributed by atoms with Gasteiger partial charge in [-0.2, -0.15) is 5.10 Å². The third-order valence-electron chi connectivity index (χ3n) is 1.10. The molecular weight excluding hydrogens is 124 g/mol. The number of hydrogen-bond donors (Lipinski definition) is 1. The summed E-state index contributed by atoms with van der Waals surface area (Å²) in [6.07, 6.45) is 9.61. The van der Waals surface area contributed by atoms with E-state index in [1.165, 1.54) is 0 Å². The Bertz CT molecular complexity index is 219. The van der Waals surface area contributed by atoms with E-state index in [1.807, 2.05) is 37.3 Å². The van der Waals surface area contributed by atoms with E-state index in [4.69, 9.17) is 0 Å². The summed E-state index contributed by atoms with van der Waals surface area (Å²) < 4.78 is 0. The van der Waals surface area contributed by atoms with Crippen LogP contribution in [0.4, 0.5) is 0 Å². The van der Waals surface area contributed by atoms with E-state index in [0.717, 1.165) is 5.69 Å². The van der Waals surface area contributed by atoms with Crippen LogP contribution in [0.2, 0.25) is 0 Å². The lowest BCUT2D eigenvalue weighted by atomic mass is 10.3. The molecule has 0 saturated carbocycles. The Labute approximate surface area is 60.3 Å². The number of nitrogens with zero attached hydrogens (tertiary/aromatic N) is 1. The van der Waals surface area contributed by atoms with Crippen LogP contribution in [0.1, 0.15) is 12.6 Å². The highest BCUT2D eigenvalue weighted by Gasteiger charge is 1.80. The minimum absolute atomic E-state index is 1.03. The van der Waals surface area contributed by atoms with E-state index in [2.05, 4.69) is 10.2 Å². The van der Waals surface area contributed by atoms with Crippen LogP contribution in [0, 0.1) is 0 Å². The third kappa shape index (κ3) is 1.90. The Morgan fingerprint density at radius 3 is 3.00 bits per heavy atom. The van der Waals surface area contributed by atoms with Gasteiger partial charge in [-0.3, -0.25) is 5.10 Å². The van der Waals surface area contributed by atoms with Crippen LogP contribution in [-0.2, 0) is 0 Å². The summed E-state index contributed by atoms with van der Waals surface area (Å²) in [6, 6.07) is 1.92. The van der Waals surface area contributed by atoms with E-state index in [0.29, 0.717) is 0 Å². The quantitative estimate of drug-likeness (QED) is 0.616. The molecule has 1 aromatic rings. The number of hydrogen-bond acceptors (Lipinski definition) is 1. The maximum Gasteiger partial charge on any atom is 0.0577 e. The molecule has 1 N–H and O–H groups in total. The largest absolute Gasteiger partial charge is 0.278 e. The van der Waals surface area contributed by atoms with Crippen LogP contribution < -0.4 is 0 Å². The molecule has 2 heteroatoms. The van der Waals surface area contributed by atoms with Crippen molar-refractivity contribution in [1.29, 1.82) is 0 Å². The van der Waals surface area contributed by atoms with E-state index in [1.54, 1.807) is 6.20 Å². The second kappa shape index (κ2) is 3.67. The first-order valence-electron chi connectivity index (χ1n) is 3.22. The molecule has 0 radical (unpaired) electrons. The first-order valence-corrected chi connectivity index (χ1v) is 3.22. The molecule has 0 atom stereocenters. The van der Waals surface area contributed by atoms with Crippen molar-refractivity contribution in [2.75, 3.05) is 0 Å². The van der Waals surface area contributed by atoms with Crippen molar-refractivity contribution in [3.63, 3.8) is 0 Å². The number of aromatic amines is 1. The van der Waals surface area contributed by atoms with Crippen LogP contribution in [-0.4, -0.2) is 10.2 Å². The summed E-state index contributed by atoms with van der Waals surface area (Å²) in [5, 5.41) is 6.63. The highest BCUT2D eigenvalue weighted by molar-refractivity contribution is 5.45. The smallest absolute Gasteiger partial charge is 0.0577 e. The van der Waals surface area contributed by atoms with Gasteiger partial charge in [-0.1, -0.05) is 18.2 Å². The average Bonchev–Trinajstić information content (AvgIpc) is 2.41. The lowest BCUT2D eigenvalue weighted by Crippen LogP contribution is -1.68. The fourth-order valence-corrected chi connectivity index (χ4v) is 0.630. The number of rotatable bonds is 2. The molecule has 0 aliphatic rings. The van der Waals surface area contributed by atoms with Crippen LogP contribution in [0.3, 0.4) is 0 Å². The van der Waals surface area contributed by atoms with Gasteiger partial charge in [-0.05, 0) is 19.1 Å². The summed E-state index contributed by atoms with van der Waals surface area (Å²) in [4.78, 5) is 0. The fraction of sp³-hybridized carbons (Fsp3) is 0.125. The van der Waals surface area contributed by atoms with Gasteiger partial charge in [0.1, 0.15) is 0 Å². The molecule has 0 saturated heterocycles. The lowest BCUT2D eigenvalue weighted by molar-refractivity contribution is 1.08. The minimum atomic E-state index is 1.03. The Morgan fingerprint density at radius 2 is 2.40 bits per heavy atom. The van der Waals surface area contributed by atoms with E-state index in [-0.39, 0.29) is 0 Å². The molecule has 0 bridgehead atoms. The first kappa shape index (κ1) is 6.81. The molecule has 0 spiro atoms. The molecule has 0 fully saturated rings. The fourth-order valence-electron chi connectivity index (χ4n) is 0.630. The van der Waals surface area contributed by atoms with Gasteiger partial charge in [0.2, 0.25) is 0 Å². The predicted molar refractivity (Wildman–Crippen MR) is 42.4 cm³/mol. The number of H-pyrrole nitrogens is 1. The summed E-state index contributed by atoms with van der Waals surface area (Å²) in [5.41, 5.74) is 1.03. The van der Waals surface area contributed by atoms with E-state index in [9.17, 15) is 0 Å². The maximum absolute atomic E-state index is 3.80. The van der Waals surface area contributed by atoms with Gasteiger partial charge in [-0.15, -0.1) is 0 Å². The number of aromatic nitrogens is 2. The molecule has 1 aromatic heterocycles. The molecule has 0 amide bonds. The van der Waals surface area contributed by atoms with Crippen molar-refractivity contribution in [2.45, 2.75) is 6.92 Å². The summed E-state index contributed by atoms with van der Waals surface area (Å²) >= 11 is 0. The van der Waals surface area contributed by atoms with Gasteiger partial charge in [0, 0.05) is 6.20 Å². The molecule has 2 nitrogen and oxygen atoms in total. The van der Waals surface area contributed by atoms with Crippen molar-refractivity contribution in [3.8, 4) is 0 Å². The molecule has 0 aliphatic carbocycles. The standard InChI is InChI=1S/C8H10N2/c1-2-3-4-5-8-6-7-9-10-8/h2-7H,1H3,(H,9,10)/b3-2-,5-4-. The monoisotopic (exact) mass is 134 g/mol. The molecule has 0 unspecified atom stereocenters. The molecule has 1 heterocycles. The lowest BCUT2D eigenvalue weighted by Gasteiger charge is -1.78. The van der Waals surface area contributed by atoms with Crippen LogP contribution in [0.25, 0.3) is 6.08 Å². The van der Waals surface area contributed by atoms with Gasteiger partial charge in [0.05, 0.1) is 5.69 Å². The summed E-state index contributed by atoms with van der Waals surface area (Å²) in [5.74, 6) is 0. The van der Waals surface area contributed by atoms with Gasteiger partial charge in [0.15, 0.2) is 0 Å². The zero-order chi connectivity index (χ0) is 7.23. The van der Waals surface area contributed by atoms with Crippen LogP contribution >= 0.6 is 0 Å². The molecule has 0 aliphatic heterocycles. The zero-order valence-electron chi connectivity index (χ0n) is 5.91. The SMILES string of the molecule is C/C=C\C=C/c1ccn[nH]1. The van der Waals surface area contributed by atoms with Crippen molar-refractivity contribution < 1.29 is 0 Å². The molecular formula is C8H10N2. The highest BCUT2D eigenvalue weighted by Crippen LogP contribution is 1.94. The van der Waals surface area contributed by atoms with E-state index >= 15 is 0 Å². The highest BCUT2D eigenvalue weighted by atomic mass is 15.1. The van der Waals surface area contributed by atoms with Crippen LogP contribution in [0.15, 0.2) is 30.5 Å². The number of nitrogens with one attached hydrogen (secondary N) is 1. The average molecular weight is 134 g/mol. The van der Waals surface area contributed by atoms with Crippen LogP contribution in [0.5, 0.6) is 0 Å². The predicted octanol–water partition coefficient (Wildman–Crippen LogP) is 2.00. The minimum Gasteiger partial charge on any atom is -0.278 e. The Kier molecular flexibility index (Phi) is 2.49. The second-order valence-electron chi connectivity index (χ2n) is 1.90. The molecule has 52 valence electrons. The topological polar surface area (TPSA) is 28.7 Å². The zero-order valence-corrected chi connectivity index (χ0v) is 5.91. The molecule has 10 heavy (non-hydrogen) atoms. The number of allylic oxidation sites excluding steroid dienone is 3. The van der Waals surface area contributed by atoms with Gasteiger partial charge < -0.3 is 0 Å². The van der Waals surface area contributed by atoms with Gasteiger partial charge >= 0.3 is 0 Å². The first-order chi connectivity index (χ1) is 4.93. The summed E-state index contributed by atoms with van der Waals surface area (Å²) in [7, 11) is 0. The molecule has 0 aromatic carbocycles. The normalized spacial score (nSPS) is 11.7. The summed E-state index contributed by atoms with van der Waals surface area (Å²) in [6.45, 7) is 1.98. The van der Waals surface area contributed by atoms with Crippen molar-refractivity contribution in [2.24, 2.45) is 0 Å². The Balaban J connectivity index is 2.55. The maximum atomic E-state index is 3.80. The Hall–Kier alpha value is -1.31. The Morgan fingerprint density at radius 1 is 1.50 bits per heavy atom. The van der Waals surface area contributed by atoms with Crippen molar-refractivity contribution in [1.82, 2.24) is 10.2 Å². The van der Waals surface area contributed by atoms with Crippen molar-refractivity contribution >= 4 is 6.08 Å².